The molecule has 0 bridgehead atoms. The maximum absolute atomic E-state index is 12.0. The molecule has 5 nitrogen and oxygen atoms in total. The van der Waals surface area contributed by atoms with Crippen LogP contribution in [0.4, 0.5) is 5.13 Å². The van der Waals surface area contributed by atoms with Crippen molar-refractivity contribution in [3.63, 3.8) is 0 Å². The highest BCUT2D eigenvalue weighted by molar-refractivity contribution is 7.16. The minimum absolute atomic E-state index is 0.0853. The first-order valence-corrected chi connectivity index (χ1v) is 7.92. The fourth-order valence-corrected chi connectivity index (χ4v) is 2.80. The number of amides is 1. The number of aryl methyl sites for hydroxylation is 1. The van der Waals surface area contributed by atoms with Gasteiger partial charge in [-0.25, -0.2) is 4.98 Å². The third kappa shape index (κ3) is 3.64. The number of methoxy groups -OCH3 is 1. The van der Waals surface area contributed by atoms with E-state index in [-0.39, 0.29) is 11.8 Å². The summed E-state index contributed by atoms with van der Waals surface area (Å²) < 4.78 is 5.15. The number of aromatic nitrogens is 1. The van der Waals surface area contributed by atoms with Gasteiger partial charge in [0.15, 0.2) is 5.13 Å². The van der Waals surface area contributed by atoms with Crippen molar-refractivity contribution in [2.75, 3.05) is 12.4 Å². The molecule has 0 saturated heterocycles. The SMILES string of the molecule is COc1ccc(-c2nc(NC(=O)[C@@H](N)C(C)C)sc2C)cc1. The van der Waals surface area contributed by atoms with E-state index in [1.54, 1.807) is 7.11 Å². The van der Waals surface area contributed by atoms with Crippen molar-refractivity contribution in [3.05, 3.63) is 29.1 Å². The minimum atomic E-state index is -0.534. The lowest BCUT2D eigenvalue weighted by molar-refractivity contribution is -0.118. The molecule has 6 heteroatoms. The largest absolute Gasteiger partial charge is 0.497 e. The van der Waals surface area contributed by atoms with Gasteiger partial charge in [-0.1, -0.05) is 13.8 Å². The number of anilines is 1. The Kier molecular flexibility index (Phi) is 5.15. The number of carbonyl (C=O) groups excluding carboxylic acids is 1. The van der Waals surface area contributed by atoms with Gasteiger partial charge in [0.25, 0.3) is 0 Å². The van der Waals surface area contributed by atoms with Gasteiger partial charge in [-0.2, -0.15) is 0 Å². The Bertz CT molecular complexity index is 650. The highest BCUT2D eigenvalue weighted by atomic mass is 32.1. The number of benzene rings is 1. The summed E-state index contributed by atoms with van der Waals surface area (Å²) in [6.07, 6.45) is 0. The summed E-state index contributed by atoms with van der Waals surface area (Å²) in [4.78, 5) is 17.6. The van der Waals surface area contributed by atoms with Crippen LogP contribution in [0.25, 0.3) is 11.3 Å². The molecule has 1 heterocycles. The fourth-order valence-electron chi connectivity index (χ4n) is 1.96. The predicted octanol–water partition coefficient (Wildman–Crippen LogP) is 3.05. The van der Waals surface area contributed by atoms with E-state index in [1.807, 2.05) is 45.0 Å². The van der Waals surface area contributed by atoms with E-state index in [0.717, 1.165) is 21.9 Å². The third-order valence-electron chi connectivity index (χ3n) is 3.41. The molecule has 22 heavy (non-hydrogen) atoms. The summed E-state index contributed by atoms with van der Waals surface area (Å²) in [6.45, 7) is 5.82. The summed E-state index contributed by atoms with van der Waals surface area (Å²) in [5, 5.41) is 3.37. The summed E-state index contributed by atoms with van der Waals surface area (Å²) in [5.41, 5.74) is 7.70. The van der Waals surface area contributed by atoms with Gasteiger partial charge in [0.05, 0.1) is 18.8 Å². The third-order valence-corrected chi connectivity index (χ3v) is 4.30. The van der Waals surface area contributed by atoms with E-state index in [0.29, 0.717) is 5.13 Å². The lowest BCUT2D eigenvalue weighted by atomic mass is 10.1. The van der Waals surface area contributed by atoms with Gasteiger partial charge in [0, 0.05) is 10.4 Å². The topological polar surface area (TPSA) is 77.2 Å². The molecule has 2 aromatic rings. The molecule has 1 aromatic heterocycles. The Labute approximate surface area is 134 Å². The first-order chi connectivity index (χ1) is 10.4. The normalized spacial score (nSPS) is 12.3. The van der Waals surface area contributed by atoms with Gasteiger partial charge in [-0.3, -0.25) is 4.79 Å². The van der Waals surface area contributed by atoms with E-state index in [1.165, 1.54) is 11.3 Å². The summed E-state index contributed by atoms with van der Waals surface area (Å²) in [5.74, 6) is 0.681. The molecule has 2 rings (SSSR count). The average Bonchev–Trinajstić information content (AvgIpc) is 2.86. The number of ether oxygens (including phenoxy) is 1. The van der Waals surface area contributed by atoms with Crippen LogP contribution in [0, 0.1) is 12.8 Å². The van der Waals surface area contributed by atoms with Gasteiger partial charge in [-0.05, 0) is 37.1 Å². The molecular formula is C16H21N3O2S. The molecule has 118 valence electrons. The minimum Gasteiger partial charge on any atom is -0.497 e. The van der Waals surface area contributed by atoms with Gasteiger partial charge < -0.3 is 15.8 Å². The lowest BCUT2D eigenvalue weighted by Crippen LogP contribution is -2.39. The molecule has 1 atom stereocenters. The zero-order chi connectivity index (χ0) is 16.3. The van der Waals surface area contributed by atoms with Gasteiger partial charge in [-0.15, -0.1) is 11.3 Å². The Morgan fingerprint density at radius 3 is 2.50 bits per heavy atom. The van der Waals surface area contributed by atoms with E-state index in [4.69, 9.17) is 10.5 Å². The Balaban J connectivity index is 2.18. The second kappa shape index (κ2) is 6.89. The Morgan fingerprint density at radius 2 is 1.95 bits per heavy atom. The van der Waals surface area contributed by atoms with Crippen LogP contribution in [0.2, 0.25) is 0 Å². The van der Waals surface area contributed by atoms with Gasteiger partial charge in [0.1, 0.15) is 5.75 Å². The number of nitrogens with zero attached hydrogens (tertiary/aromatic N) is 1. The predicted molar refractivity (Wildman–Crippen MR) is 90.3 cm³/mol. The van der Waals surface area contributed by atoms with Crippen molar-refractivity contribution < 1.29 is 9.53 Å². The van der Waals surface area contributed by atoms with Crippen molar-refractivity contribution in [1.82, 2.24) is 4.98 Å². The summed E-state index contributed by atoms with van der Waals surface area (Å²) >= 11 is 1.45. The van der Waals surface area contributed by atoms with Crippen LogP contribution >= 0.6 is 11.3 Å². The van der Waals surface area contributed by atoms with Crippen molar-refractivity contribution >= 4 is 22.4 Å². The number of rotatable bonds is 5. The highest BCUT2D eigenvalue weighted by Gasteiger charge is 2.19. The molecule has 0 unspecified atom stereocenters. The maximum Gasteiger partial charge on any atom is 0.243 e. The van der Waals surface area contributed by atoms with Crippen molar-refractivity contribution in [2.45, 2.75) is 26.8 Å². The summed E-state index contributed by atoms with van der Waals surface area (Å²) in [6, 6.07) is 7.15. The average molecular weight is 319 g/mol. The van der Waals surface area contributed by atoms with E-state index >= 15 is 0 Å². The molecule has 3 N–H and O–H groups in total. The molecular weight excluding hydrogens is 298 g/mol. The first kappa shape index (κ1) is 16.5. The number of thiazole rings is 1. The molecule has 0 saturated carbocycles. The molecule has 1 amide bonds. The fraction of sp³-hybridized carbons (Fsp3) is 0.375. The first-order valence-electron chi connectivity index (χ1n) is 7.10. The molecule has 1 aromatic carbocycles. The van der Waals surface area contributed by atoms with Crippen molar-refractivity contribution in [2.24, 2.45) is 11.7 Å². The number of hydrogen-bond acceptors (Lipinski definition) is 5. The van der Waals surface area contributed by atoms with Crippen LogP contribution < -0.4 is 15.8 Å². The van der Waals surface area contributed by atoms with Crippen LogP contribution in [0.1, 0.15) is 18.7 Å². The molecule has 0 aliphatic carbocycles. The van der Waals surface area contributed by atoms with Crippen LogP contribution in [0.15, 0.2) is 24.3 Å². The number of carbonyl (C=O) groups is 1. The molecule has 0 aliphatic rings. The van der Waals surface area contributed by atoms with Crippen LogP contribution in [-0.2, 0) is 4.79 Å². The number of nitrogens with one attached hydrogen (secondary N) is 1. The van der Waals surface area contributed by atoms with Crippen LogP contribution in [0.3, 0.4) is 0 Å². The van der Waals surface area contributed by atoms with Crippen molar-refractivity contribution in [3.8, 4) is 17.0 Å². The molecule has 0 aliphatic heterocycles. The second-order valence-electron chi connectivity index (χ2n) is 5.41. The molecule has 0 spiro atoms. The Morgan fingerprint density at radius 1 is 1.32 bits per heavy atom. The zero-order valence-electron chi connectivity index (χ0n) is 13.2. The van der Waals surface area contributed by atoms with E-state index in [2.05, 4.69) is 10.3 Å². The maximum atomic E-state index is 12.0. The zero-order valence-corrected chi connectivity index (χ0v) is 14.0. The van der Waals surface area contributed by atoms with Gasteiger partial charge >= 0.3 is 0 Å². The number of nitrogens with two attached hydrogens (primary N) is 1. The summed E-state index contributed by atoms with van der Waals surface area (Å²) in [7, 11) is 1.63. The van der Waals surface area contributed by atoms with Crippen LogP contribution in [0.5, 0.6) is 5.75 Å². The molecule has 0 radical (unpaired) electrons. The second-order valence-corrected chi connectivity index (χ2v) is 6.61. The van der Waals surface area contributed by atoms with Gasteiger partial charge in [0.2, 0.25) is 5.91 Å². The van der Waals surface area contributed by atoms with E-state index < -0.39 is 6.04 Å². The standard InChI is InChI=1S/C16H21N3O2S/c1-9(2)13(17)15(20)19-16-18-14(10(3)22-16)11-5-7-12(21-4)8-6-11/h5-9,13H,17H2,1-4H3,(H,18,19,20)/t13-/m0/s1. The number of hydrogen-bond donors (Lipinski definition) is 2. The Hall–Kier alpha value is -1.92. The molecule has 0 fully saturated rings. The monoisotopic (exact) mass is 319 g/mol. The highest BCUT2D eigenvalue weighted by Crippen LogP contribution is 2.31. The van der Waals surface area contributed by atoms with Crippen molar-refractivity contribution in [1.29, 1.82) is 0 Å². The quantitative estimate of drug-likeness (QED) is 0.888. The van der Waals surface area contributed by atoms with Crippen LogP contribution in [-0.4, -0.2) is 24.0 Å². The lowest BCUT2D eigenvalue weighted by Gasteiger charge is -2.13. The van der Waals surface area contributed by atoms with E-state index in [9.17, 15) is 4.79 Å². The smallest absolute Gasteiger partial charge is 0.243 e.